The van der Waals surface area contributed by atoms with Gasteiger partial charge in [-0.15, -0.1) is 0 Å². The topological polar surface area (TPSA) is 31.7 Å². The summed E-state index contributed by atoms with van der Waals surface area (Å²) in [5.74, 6) is 0. The van der Waals surface area contributed by atoms with Crippen molar-refractivity contribution in [3.63, 3.8) is 0 Å². The van der Waals surface area contributed by atoms with E-state index >= 15 is 0 Å². The quantitative estimate of drug-likeness (QED) is 0.680. The molecule has 1 saturated heterocycles. The molecular formula is C21H29N4S+. The zero-order chi connectivity index (χ0) is 18.2. The second kappa shape index (κ2) is 9.55. The number of quaternary nitrogens is 1. The molecule has 138 valence electrons. The van der Waals surface area contributed by atoms with Crippen LogP contribution >= 0.6 is 12.2 Å². The lowest BCUT2D eigenvalue weighted by molar-refractivity contribution is -0.898. The predicted octanol–water partition coefficient (Wildman–Crippen LogP) is 1.94. The Balaban J connectivity index is 1.43. The second-order valence-corrected chi connectivity index (χ2v) is 7.16. The van der Waals surface area contributed by atoms with Crippen molar-refractivity contribution < 1.29 is 4.90 Å². The number of likely N-dealkylation sites (N-methyl/N-ethyl adjacent to an activating group) is 1. The Morgan fingerprint density at radius 2 is 1.73 bits per heavy atom. The number of nitrogens with zero attached hydrogens (tertiary/aromatic N) is 1. The van der Waals surface area contributed by atoms with Crippen LogP contribution in [0.2, 0.25) is 0 Å². The molecule has 2 aromatic rings. The molecular weight excluding hydrogens is 340 g/mol. The fraction of sp³-hybridized carbons (Fsp3) is 0.381. The Kier molecular flexibility index (Phi) is 6.86. The average molecular weight is 370 g/mol. The zero-order valence-electron chi connectivity index (χ0n) is 15.5. The van der Waals surface area contributed by atoms with Crippen molar-refractivity contribution in [2.24, 2.45) is 0 Å². The van der Waals surface area contributed by atoms with Crippen LogP contribution in [0.25, 0.3) is 0 Å². The molecule has 0 saturated carbocycles. The number of anilines is 2. The van der Waals surface area contributed by atoms with Gasteiger partial charge in [-0.1, -0.05) is 30.3 Å². The highest BCUT2D eigenvalue weighted by atomic mass is 32.1. The Morgan fingerprint density at radius 3 is 2.38 bits per heavy atom. The molecule has 1 fully saturated rings. The van der Waals surface area contributed by atoms with Gasteiger partial charge < -0.3 is 20.4 Å². The van der Waals surface area contributed by atoms with Crippen molar-refractivity contribution in [3.05, 3.63) is 60.2 Å². The molecule has 0 atom stereocenters. The van der Waals surface area contributed by atoms with Gasteiger partial charge in [-0.05, 0) is 55.4 Å². The summed E-state index contributed by atoms with van der Waals surface area (Å²) in [4.78, 5) is 4.17. The fourth-order valence-corrected chi connectivity index (χ4v) is 3.55. The lowest BCUT2D eigenvalue weighted by atomic mass is 10.1. The molecule has 0 aliphatic carbocycles. The van der Waals surface area contributed by atoms with E-state index in [9.17, 15) is 0 Å². The summed E-state index contributed by atoms with van der Waals surface area (Å²) >= 11 is 5.40. The first kappa shape index (κ1) is 18.7. The van der Waals surface area contributed by atoms with Gasteiger partial charge in [0.1, 0.15) is 0 Å². The minimum Gasteiger partial charge on any atom is -0.362 e. The standard InChI is InChI=1S/C21H28N4S/c1-2-24-14-16-25(17-15-24)20-10-8-19(9-11-20)23-21(26)22-13-12-18-6-4-3-5-7-18/h3-11H,2,12-17H2,1H3,(H2,22,23,26)/p+1. The maximum absolute atomic E-state index is 5.40. The molecule has 0 amide bonds. The maximum atomic E-state index is 5.40. The summed E-state index contributed by atoms with van der Waals surface area (Å²) in [6.07, 6.45) is 0.966. The van der Waals surface area contributed by atoms with Gasteiger partial charge in [0.2, 0.25) is 0 Å². The molecule has 2 aromatic carbocycles. The highest BCUT2D eigenvalue weighted by Crippen LogP contribution is 2.18. The number of hydrogen-bond acceptors (Lipinski definition) is 2. The zero-order valence-corrected chi connectivity index (χ0v) is 16.3. The molecule has 26 heavy (non-hydrogen) atoms. The van der Waals surface area contributed by atoms with Gasteiger partial charge in [0.05, 0.1) is 32.7 Å². The fourth-order valence-electron chi connectivity index (χ4n) is 3.33. The normalized spacial score (nSPS) is 14.9. The van der Waals surface area contributed by atoms with Crippen LogP contribution in [-0.2, 0) is 6.42 Å². The molecule has 0 bridgehead atoms. The summed E-state index contributed by atoms with van der Waals surface area (Å²) < 4.78 is 0. The summed E-state index contributed by atoms with van der Waals surface area (Å²) in [5, 5.41) is 7.22. The number of hydrogen-bond donors (Lipinski definition) is 3. The highest BCUT2D eigenvalue weighted by Gasteiger charge is 2.18. The Hall–Kier alpha value is -2.11. The van der Waals surface area contributed by atoms with Crippen LogP contribution in [0.3, 0.4) is 0 Å². The first-order valence-electron chi connectivity index (χ1n) is 9.52. The van der Waals surface area contributed by atoms with Crippen LogP contribution in [0.1, 0.15) is 12.5 Å². The van der Waals surface area contributed by atoms with E-state index in [2.05, 4.69) is 71.0 Å². The minimum absolute atomic E-state index is 0.675. The van der Waals surface area contributed by atoms with E-state index in [1.165, 1.54) is 30.9 Å². The number of thiocarbonyl (C=S) groups is 1. The van der Waals surface area contributed by atoms with Crippen LogP contribution < -0.4 is 20.4 Å². The molecule has 5 heteroatoms. The first-order chi connectivity index (χ1) is 12.7. The van der Waals surface area contributed by atoms with Crippen molar-refractivity contribution in [2.45, 2.75) is 13.3 Å². The van der Waals surface area contributed by atoms with Gasteiger partial charge in [0, 0.05) is 17.9 Å². The minimum atomic E-state index is 0.675. The molecule has 4 nitrogen and oxygen atoms in total. The molecule has 0 radical (unpaired) electrons. The van der Waals surface area contributed by atoms with Gasteiger partial charge in [0.25, 0.3) is 0 Å². The first-order valence-corrected chi connectivity index (χ1v) is 9.93. The van der Waals surface area contributed by atoms with Crippen LogP contribution in [0, 0.1) is 0 Å². The summed E-state index contributed by atoms with van der Waals surface area (Å²) in [7, 11) is 0. The third-order valence-corrected chi connectivity index (χ3v) is 5.25. The highest BCUT2D eigenvalue weighted by molar-refractivity contribution is 7.80. The largest absolute Gasteiger partial charge is 0.362 e. The van der Waals surface area contributed by atoms with E-state index in [4.69, 9.17) is 12.2 Å². The third kappa shape index (κ3) is 5.44. The number of nitrogens with one attached hydrogen (secondary N) is 3. The van der Waals surface area contributed by atoms with Gasteiger partial charge in [0.15, 0.2) is 5.11 Å². The number of rotatable bonds is 6. The average Bonchev–Trinajstić information content (AvgIpc) is 2.69. The van der Waals surface area contributed by atoms with Crippen molar-refractivity contribution >= 4 is 28.7 Å². The van der Waals surface area contributed by atoms with Crippen LogP contribution in [0.5, 0.6) is 0 Å². The summed E-state index contributed by atoms with van der Waals surface area (Å²) in [5.41, 5.74) is 3.65. The summed E-state index contributed by atoms with van der Waals surface area (Å²) in [6, 6.07) is 19.0. The van der Waals surface area contributed by atoms with Crippen LogP contribution in [0.4, 0.5) is 11.4 Å². The molecule has 0 aromatic heterocycles. The Morgan fingerprint density at radius 1 is 1.04 bits per heavy atom. The van der Waals surface area contributed by atoms with E-state index in [-0.39, 0.29) is 0 Å². The summed E-state index contributed by atoms with van der Waals surface area (Å²) in [6.45, 7) is 9.05. The molecule has 0 unspecified atom stereocenters. The van der Waals surface area contributed by atoms with Crippen LogP contribution in [0.15, 0.2) is 54.6 Å². The van der Waals surface area contributed by atoms with E-state index in [0.717, 1.165) is 31.7 Å². The van der Waals surface area contributed by atoms with E-state index in [1.54, 1.807) is 4.90 Å². The van der Waals surface area contributed by atoms with Crippen molar-refractivity contribution in [2.75, 3.05) is 49.5 Å². The van der Waals surface area contributed by atoms with Crippen molar-refractivity contribution in [3.8, 4) is 0 Å². The van der Waals surface area contributed by atoms with Gasteiger partial charge >= 0.3 is 0 Å². The predicted molar refractivity (Wildman–Crippen MR) is 114 cm³/mol. The monoisotopic (exact) mass is 369 g/mol. The van der Waals surface area contributed by atoms with Gasteiger partial charge in [-0.2, -0.15) is 0 Å². The Labute approximate surface area is 162 Å². The number of piperazine rings is 1. The van der Waals surface area contributed by atoms with Crippen molar-refractivity contribution in [1.29, 1.82) is 0 Å². The molecule has 0 spiro atoms. The second-order valence-electron chi connectivity index (χ2n) is 6.75. The van der Waals surface area contributed by atoms with E-state index < -0.39 is 0 Å². The molecule has 3 rings (SSSR count). The SMILES string of the molecule is CC[NH+]1CCN(c2ccc(NC(=S)NCCc3ccccc3)cc2)CC1. The smallest absolute Gasteiger partial charge is 0.170 e. The maximum Gasteiger partial charge on any atom is 0.170 e. The van der Waals surface area contributed by atoms with E-state index in [1.807, 2.05) is 6.07 Å². The number of benzene rings is 2. The Bertz CT molecular complexity index is 679. The van der Waals surface area contributed by atoms with Gasteiger partial charge in [-0.3, -0.25) is 0 Å². The molecule has 1 heterocycles. The lowest BCUT2D eigenvalue weighted by Gasteiger charge is -2.33. The van der Waals surface area contributed by atoms with Crippen molar-refractivity contribution in [1.82, 2.24) is 5.32 Å². The molecule has 1 aliphatic heterocycles. The molecule has 1 aliphatic rings. The van der Waals surface area contributed by atoms with Gasteiger partial charge in [-0.25, -0.2) is 0 Å². The lowest BCUT2D eigenvalue weighted by Crippen LogP contribution is -3.14. The molecule has 3 N–H and O–H groups in total. The van der Waals surface area contributed by atoms with E-state index in [0.29, 0.717) is 5.11 Å². The van der Waals surface area contributed by atoms with Crippen LogP contribution in [-0.4, -0.2) is 44.4 Å². The third-order valence-electron chi connectivity index (χ3n) is 5.00.